The third-order valence-corrected chi connectivity index (χ3v) is 5.10. The predicted octanol–water partition coefficient (Wildman–Crippen LogP) is 0.285. The summed E-state index contributed by atoms with van der Waals surface area (Å²) in [6.07, 6.45) is 0.0718. The van der Waals surface area contributed by atoms with E-state index in [1.165, 1.54) is 11.1 Å². The first kappa shape index (κ1) is 13.5. The van der Waals surface area contributed by atoms with Crippen LogP contribution in [0.1, 0.15) is 11.1 Å². The molecular formula is C13H19NO3S. The SMILES string of the molecule is Cc1ccccc1CCNC1CS(=O)(=O)CC1O. The highest BCUT2D eigenvalue weighted by Crippen LogP contribution is 2.13. The number of sulfone groups is 1. The zero-order valence-corrected chi connectivity index (χ0v) is 11.3. The average molecular weight is 269 g/mol. The van der Waals surface area contributed by atoms with E-state index in [0.29, 0.717) is 6.54 Å². The zero-order chi connectivity index (χ0) is 13.2. The van der Waals surface area contributed by atoms with Gasteiger partial charge in [0.2, 0.25) is 0 Å². The van der Waals surface area contributed by atoms with Crippen LogP contribution in [0.4, 0.5) is 0 Å². The third kappa shape index (κ3) is 3.31. The Morgan fingerprint density at radius 1 is 1.33 bits per heavy atom. The van der Waals surface area contributed by atoms with Crippen molar-refractivity contribution in [1.82, 2.24) is 5.32 Å². The van der Waals surface area contributed by atoms with Crippen molar-refractivity contribution in [3.05, 3.63) is 35.4 Å². The van der Waals surface area contributed by atoms with Crippen molar-refractivity contribution in [1.29, 1.82) is 0 Å². The minimum Gasteiger partial charge on any atom is -0.390 e. The van der Waals surface area contributed by atoms with Crippen LogP contribution in [0.2, 0.25) is 0 Å². The molecule has 2 unspecified atom stereocenters. The second kappa shape index (κ2) is 5.38. The van der Waals surface area contributed by atoms with Gasteiger partial charge in [-0.05, 0) is 31.0 Å². The molecule has 1 aromatic rings. The van der Waals surface area contributed by atoms with E-state index in [4.69, 9.17) is 0 Å². The maximum atomic E-state index is 11.3. The lowest BCUT2D eigenvalue weighted by molar-refractivity contribution is 0.166. The Morgan fingerprint density at radius 3 is 2.67 bits per heavy atom. The summed E-state index contributed by atoms with van der Waals surface area (Å²) < 4.78 is 22.7. The lowest BCUT2D eigenvalue weighted by atomic mass is 10.1. The van der Waals surface area contributed by atoms with Crippen molar-refractivity contribution in [2.45, 2.75) is 25.5 Å². The summed E-state index contributed by atoms with van der Waals surface area (Å²) in [4.78, 5) is 0. The number of aliphatic hydroxyl groups excluding tert-OH is 1. The molecule has 0 saturated carbocycles. The Kier molecular flexibility index (Phi) is 4.04. The average Bonchev–Trinajstić information content (AvgIpc) is 2.55. The fourth-order valence-corrected chi connectivity index (χ4v) is 4.08. The molecule has 0 spiro atoms. The van der Waals surface area contributed by atoms with Gasteiger partial charge in [-0.15, -0.1) is 0 Å². The third-order valence-electron chi connectivity index (χ3n) is 3.38. The fourth-order valence-electron chi connectivity index (χ4n) is 2.31. The maximum absolute atomic E-state index is 11.3. The topological polar surface area (TPSA) is 66.4 Å². The van der Waals surface area contributed by atoms with Gasteiger partial charge >= 0.3 is 0 Å². The first-order valence-corrected chi connectivity index (χ1v) is 7.96. The largest absolute Gasteiger partial charge is 0.390 e. The molecule has 0 aliphatic carbocycles. The van der Waals surface area contributed by atoms with Crippen molar-refractivity contribution in [3.63, 3.8) is 0 Å². The number of benzene rings is 1. The summed E-state index contributed by atoms with van der Waals surface area (Å²) in [7, 11) is -3.06. The summed E-state index contributed by atoms with van der Waals surface area (Å²) in [6, 6.07) is 7.80. The fraction of sp³-hybridized carbons (Fsp3) is 0.538. The number of hydrogen-bond donors (Lipinski definition) is 2. The van der Waals surface area contributed by atoms with Gasteiger partial charge in [-0.3, -0.25) is 0 Å². The molecule has 2 atom stereocenters. The van der Waals surface area contributed by atoms with Gasteiger partial charge in [0.15, 0.2) is 9.84 Å². The predicted molar refractivity (Wildman–Crippen MR) is 71.3 cm³/mol. The molecule has 100 valence electrons. The van der Waals surface area contributed by atoms with Crippen molar-refractivity contribution in [2.75, 3.05) is 18.1 Å². The summed E-state index contributed by atoms with van der Waals surface area (Å²) in [5.41, 5.74) is 2.49. The van der Waals surface area contributed by atoms with Gasteiger partial charge in [0, 0.05) is 6.04 Å². The van der Waals surface area contributed by atoms with Crippen LogP contribution in [0.25, 0.3) is 0 Å². The molecule has 0 bridgehead atoms. The molecule has 0 aromatic heterocycles. The molecule has 1 aliphatic rings. The van der Waals surface area contributed by atoms with Crippen LogP contribution in [0.3, 0.4) is 0 Å². The van der Waals surface area contributed by atoms with E-state index >= 15 is 0 Å². The van der Waals surface area contributed by atoms with Gasteiger partial charge in [-0.1, -0.05) is 24.3 Å². The van der Waals surface area contributed by atoms with E-state index in [0.717, 1.165) is 6.42 Å². The molecule has 0 radical (unpaired) electrons. The van der Waals surface area contributed by atoms with E-state index in [9.17, 15) is 13.5 Å². The molecule has 0 amide bonds. The van der Waals surface area contributed by atoms with Gasteiger partial charge in [0.25, 0.3) is 0 Å². The van der Waals surface area contributed by atoms with E-state index in [1.807, 2.05) is 12.1 Å². The molecule has 1 fully saturated rings. The molecule has 1 heterocycles. The van der Waals surface area contributed by atoms with Crippen molar-refractivity contribution in [3.8, 4) is 0 Å². The molecular weight excluding hydrogens is 250 g/mol. The highest BCUT2D eigenvalue weighted by atomic mass is 32.2. The van der Waals surface area contributed by atoms with Gasteiger partial charge < -0.3 is 10.4 Å². The van der Waals surface area contributed by atoms with Crippen LogP contribution in [-0.2, 0) is 16.3 Å². The summed E-state index contributed by atoms with van der Waals surface area (Å²) >= 11 is 0. The standard InChI is InChI=1S/C13H19NO3S/c1-10-4-2-3-5-11(10)6-7-14-12-8-18(16,17)9-13(12)15/h2-5,12-15H,6-9H2,1H3. The lowest BCUT2D eigenvalue weighted by Crippen LogP contribution is -2.39. The number of rotatable bonds is 4. The number of aryl methyl sites for hydroxylation is 1. The quantitative estimate of drug-likeness (QED) is 0.824. The van der Waals surface area contributed by atoms with Gasteiger partial charge in [0.1, 0.15) is 0 Å². The first-order valence-electron chi connectivity index (χ1n) is 6.14. The molecule has 4 nitrogen and oxygen atoms in total. The Morgan fingerprint density at radius 2 is 2.06 bits per heavy atom. The Hall–Kier alpha value is -0.910. The summed E-state index contributed by atoms with van der Waals surface area (Å²) in [5.74, 6) is -0.0725. The van der Waals surface area contributed by atoms with Gasteiger partial charge in [-0.25, -0.2) is 8.42 Å². The Labute approximate surface area is 108 Å². The normalized spacial score (nSPS) is 26.3. The van der Waals surface area contributed by atoms with Gasteiger partial charge in [-0.2, -0.15) is 0 Å². The van der Waals surface area contributed by atoms with Crippen LogP contribution in [-0.4, -0.2) is 43.7 Å². The van der Waals surface area contributed by atoms with Crippen LogP contribution >= 0.6 is 0 Å². The van der Waals surface area contributed by atoms with E-state index < -0.39 is 15.9 Å². The maximum Gasteiger partial charge on any atom is 0.154 e. The molecule has 1 aromatic carbocycles. The molecule has 5 heteroatoms. The molecule has 18 heavy (non-hydrogen) atoms. The van der Waals surface area contributed by atoms with Crippen molar-refractivity contribution >= 4 is 9.84 Å². The van der Waals surface area contributed by atoms with E-state index in [-0.39, 0.29) is 17.5 Å². The molecule has 2 rings (SSSR count). The number of hydrogen-bond acceptors (Lipinski definition) is 4. The minimum atomic E-state index is -3.06. The molecule has 1 saturated heterocycles. The number of nitrogens with one attached hydrogen (secondary N) is 1. The summed E-state index contributed by atoms with van der Waals surface area (Å²) in [6.45, 7) is 2.74. The van der Waals surface area contributed by atoms with Crippen LogP contribution in [0.15, 0.2) is 24.3 Å². The van der Waals surface area contributed by atoms with Crippen LogP contribution in [0, 0.1) is 6.92 Å². The second-order valence-corrected chi connectivity index (χ2v) is 7.04. The first-order chi connectivity index (χ1) is 8.48. The van der Waals surface area contributed by atoms with E-state index in [1.54, 1.807) is 0 Å². The highest BCUT2D eigenvalue weighted by molar-refractivity contribution is 7.91. The zero-order valence-electron chi connectivity index (χ0n) is 10.5. The van der Waals surface area contributed by atoms with Crippen molar-refractivity contribution < 1.29 is 13.5 Å². The van der Waals surface area contributed by atoms with Crippen molar-refractivity contribution in [2.24, 2.45) is 0 Å². The van der Waals surface area contributed by atoms with E-state index in [2.05, 4.69) is 24.4 Å². The second-order valence-electron chi connectivity index (χ2n) is 4.88. The van der Waals surface area contributed by atoms with Gasteiger partial charge in [0.05, 0.1) is 17.6 Å². The summed E-state index contributed by atoms with van der Waals surface area (Å²) in [5, 5.41) is 12.8. The monoisotopic (exact) mass is 269 g/mol. The smallest absolute Gasteiger partial charge is 0.154 e. The van der Waals surface area contributed by atoms with Crippen LogP contribution in [0.5, 0.6) is 0 Å². The number of aliphatic hydroxyl groups is 1. The Bertz CT molecular complexity index is 513. The highest BCUT2D eigenvalue weighted by Gasteiger charge is 2.35. The Balaban J connectivity index is 1.85. The minimum absolute atomic E-state index is 0.0436. The molecule has 2 N–H and O–H groups in total. The lowest BCUT2D eigenvalue weighted by Gasteiger charge is -2.15. The molecule has 1 aliphatic heterocycles. The van der Waals surface area contributed by atoms with Crippen LogP contribution < -0.4 is 5.32 Å².